The Hall–Kier alpha value is -1.17. The van der Waals surface area contributed by atoms with E-state index in [2.05, 4.69) is 6.58 Å². The van der Waals surface area contributed by atoms with Crippen LogP contribution in [0.3, 0.4) is 0 Å². The van der Waals surface area contributed by atoms with E-state index < -0.39 is 12.2 Å². The van der Waals surface area contributed by atoms with E-state index in [4.69, 9.17) is 10.8 Å². The van der Waals surface area contributed by atoms with Crippen molar-refractivity contribution in [2.75, 3.05) is 6.54 Å². The second kappa shape index (κ2) is 5.25. The Labute approximate surface area is 94.9 Å². The highest BCUT2D eigenvalue weighted by atomic mass is 16.4. The maximum atomic E-state index is 10.5. The van der Waals surface area contributed by atoms with Crippen LogP contribution in [0.4, 0.5) is 0 Å². The topological polar surface area (TPSA) is 86.8 Å². The first-order valence-corrected chi connectivity index (χ1v) is 5.17. The normalized spacial score (nSPS) is 30.9. The van der Waals surface area contributed by atoms with Gasteiger partial charge in [0.15, 0.2) is 0 Å². The molecular weight excluding hydrogens is 208 g/mol. The summed E-state index contributed by atoms with van der Waals surface area (Å²) < 4.78 is 0. The van der Waals surface area contributed by atoms with Gasteiger partial charge in [0, 0.05) is 18.7 Å². The summed E-state index contributed by atoms with van der Waals surface area (Å²) in [5.74, 6) is -0.975. The van der Waals surface area contributed by atoms with Crippen LogP contribution in [-0.4, -0.2) is 45.9 Å². The average molecular weight is 226 g/mol. The van der Waals surface area contributed by atoms with Gasteiger partial charge >= 0.3 is 5.97 Å². The molecule has 5 heteroatoms. The Bertz CT molecular complexity index is 314. The van der Waals surface area contributed by atoms with Crippen LogP contribution in [0, 0.1) is 0 Å². The van der Waals surface area contributed by atoms with E-state index in [-0.39, 0.29) is 12.1 Å². The number of carboxylic acids is 1. The smallest absolute Gasteiger partial charge is 0.328 e. The molecule has 1 aliphatic heterocycles. The first kappa shape index (κ1) is 12.9. The van der Waals surface area contributed by atoms with Crippen LogP contribution in [0.1, 0.15) is 13.3 Å². The summed E-state index contributed by atoms with van der Waals surface area (Å²) in [4.78, 5) is 12.2. The quantitative estimate of drug-likeness (QED) is 0.451. The first-order valence-electron chi connectivity index (χ1n) is 5.17. The van der Waals surface area contributed by atoms with E-state index in [0.29, 0.717) is 18.5 Å². The van der Waals surface area contributed by atoms with Gasteiger partial charge in [-0.15, -0.1) is 6.58 Å². The molecule has 0 aliphatic carbocycles. The molecule has 0 aromatic carbocycles. The summed E-state index contributed by atoms with van der Waals surface area (Å²) in [7, 11) is 0. The number of nitrogens with two attached hydrogens (primary N) is 1. The number of aliphatic carboxylic acids is 1. The minimum atomic E-state index is -0.975. The van der Waals surface area contributed by atoms with Crippen molar-refractivity contribution in [2.45, 2.75) is 31.7 Å². The van der Waals surface area contributed by atoms with Crippen molar-refractivity contribution in [1.29, 1.82) is 0 Å². The minimum absolute atomic E-state index is 0.0460. The molecule has 0 bridgehead atoms. The lowest BCUT2D eigenvalue weighted by Crippen LogP contribution is -2.71. The number of hydrogen-bond donors (Lipinski definition) is 3. The van der Waals surface area contributed by atoms with E-state index in [1.54, 1.807) is 17.9 Å². The Morgan fingerprint density at radius 3 is 2.75 bits per heavy atom. The lowest BCUT2D eigenvalue weighted by Gasteiger charge is -2.50. The third-order valence-corrected chi connectivity index (χ3v) is 2.76. The van der Waals surface area contributed by atoms with Crippen LogP contribution >= 0.6 is 0 Å². The highest BCUT2D eigenvalue weighted by molar-refractivity contribution is 5.80. The molecule has 1 rings (SSSR count). The summed E-state index contributed by atoms with van der Waals surface area (Å²) in [5.41, 5.74) is 6.43. The fourth-order valence-corrected chi connectivity index (χ4v) is 1.95. The molecule has 0 aromatic rings. The lowest BCUT2D eigenvalue weighted by molar-refractivity contribution is -0.134. The van der Waals surface area contributed by atoms with Crippen LogP contribution in [0.15, 0.2) is 24.3 Å². The van der Waals surface area contributed by atoms with Gasteiger partial charge in [-0.25, -0.2) is 4.79 Å². The third-order valence-electron chi connectivity index (χ3n) is 2.76. The molecule has 0 saturated carbocycles. The highest BCUT2D eigenvalue weighted by Crippen LogP contribution is 2.26. The average Bonchev–Trinajstić information content (AvgIpc) is 2.21. The van der Waals surface area contributed by atoms with Gasteiger partial charge in [-0.05, 0) is 13.3 Å². The minimum Gasteiger partial charge on any atom is -0.478 e. The first-order chi connectivity index (χ1) is 7.47. The van der Waals surface area contributed by atoms with Gasteiger partial charge in [-0.1, -0.05) is 11.6 Å². The van der Waals surface area contributed by atoms with Gasteiger partial charge in [0.25, 0.3) is 0 Å². The Balaban J connectivity index is 2.59. The van der Waals surface area contributed by atoms with Crippen LogP contribution in [0.2, 0.25) is 0 Å². The summed E-state index contributed by atoms with van der Waals surface area (Å²) >= 11 is 0. The van der Waals surface area contributed by atoms with Gasteiger partial charge in [0.2, 0.25) is 0 Å². The van der Waals surface area contributed by atoms with E-state index in [1.807, 2.05) is 0 Å². The highest BCUT2D eigenvalue weighted by Gasteiger charge is 2.44. The van der Waals surface area contributed by atoms with Gasteiger partial charge < -0.3 is 15.9 Å². The number of hydrogen-bond acceptors (Lipinski definition) is 4. The zero-order valence-electron chi connectivity index (χ0n) is 9.34. The van der Waals surface area contributed by atoms with Crippen LogP contribution in [0.25, 0.3) is 0 Å². The van der Waals surface area contributed by atoms with Gasteiger partial charge in [-0.2, -0.15) is 0 Å². The molecule has 1 fully saturated rings. The number of aliphatic hydroxyl groups excluding tert-OH is 1. The van der Waals surface area contributed by atoms with Gasteiger partial charge in [0.1, 0.15) is 6.23 Å². The molecule has 1 unspecified atom stereocenters. The van der Waals surface area contributed by atoms with Crippen LogP contribution < -0.4 is 5.73 Å². The SMILES string of the molecule is C=CC[C@@H]1[C@@H](N)C(O)N1CC(C)=CC(=O)O. The Morgan fingerprint density at radius 2 is 2.25 bits per heavy atom. The number of rotatable bonds is 5. The van der Waals surface area contributed by atoms with Crippen molar-refractivity contribution in [3.8, 4) is 0 Å². The van der Waals surface area contributed by atoms with Crippen molar-refractivity contribution < 1.29 is 15.0 Å². The van der Waals surface area contributed by atoms with Crippen molar-refractivity contribution >= 4 is 5.97 Å². The molecule has 1 saturated heterocycles. The largest absolute Gasteiger partial charge is 0.478 e. The Morgan fingerprint density at radius 1 is 1.62 bits per heavy atom. The predicted octanol–water partition coefficient (Wildman–Crippen LogP) is -0.0767. The maximum absolute atomic E-state index is 10.5. The molecule has 1 aliphatic rings. The molecule has 0 amide bonds. The number of aliphatic hydroxyl groups is 1. The number of likely N-dealkylation sites (tertiary alicyclic amines) is 1. The molecule has 1 heterocycles. The molecule has 3 atom stereocenters. The van der Waals surface area contributed by atoms with Crippen LogP contribution in [0.5, 0.6) is 0 Å². The number of nitrogens with zero attached hydrogens (tertiary/aromatic N) is 1. The molecule has 90 valence electrons. The molecule has 0 spiro atoms. The lowest BCUT2D eigenvalue weighted by atomic mass is 9.91. The maximum Gasteiger partial charge on any atom is 0.328 e. The van der Waals surface area contributed by atoms with Crippen LogP contribution in [-0.2, 0) is 4.79 Å². The summed E-state index contributed by atoms with van der Waals surface area (Å²) in [6, 6.07) is -0.236. The standard InChI is InChI=1S/C11H18N2O3/c1-3-4-8-10(12)11(16)13(8)6-7(2)5-9(14)15/h3,5,8,10-11,16H,1,4,6,12H2,2H3,(H,14,15)/t8-,10-,11?/m1/s1. The molecule has 0 aromatic heterocycles. The van der Waals surface area contributed by atoms with E-state index in [1.165, 1.54) is 0 Å². The molecule has 4 N–H and O–H groups in total. The fraction of sp³-hybridized carbons (Fsp3) is 0.545. The summed E-state index contributed by atoms with van der Waals surface area (Å²) in [6.07, 6.45) is 2.89. The van der Waals surface area contributed by atoms with Crippen molar-refractivity contribution in [3.63, 3.8) is 0 Å². The molecule has 16 heavy (non-hydrogen) atoms. The van der Waals surface area contributed by atoms with Crippen molar-refractivity contribution in [2.24, 2.45) is 5.73 Å². The van der Waals surface area contributed by atoms with Crippen molar-refractivity contribution in [1.82, 2.24) is 4.90 Å². The molecule has 5 nitrogen and oxygen atoms in total. The fourth-order valence-electron chi connectivity index (χ4n) is 1.95. The van der Waals surface area contributed by atoms with E-state index in [9.17, 15) is 9.90 Å². The van der Waals surface area contributed by atoms with Gasteiger partial charge in [-0.3, -0.25) is 4.90 Å². The predicted molar refractivity (Wildman–Crippen MR) is 60.7 cm³/mol. The zero-order chi connectivity index (χ0) is 12.3. The summed E-state index contributed by atoms with van der Waals surface area (Å²) in [5, 5.41) is 18.2. The van der Waals surface area contributed by atoms with Crippen molar-refractivity contribution in [3.05, 3.63) is 24.3 Å². The summed E-state index contributed by atoms with van der Waals surface area (Å²) in [6.45, 7) is 5.77. The van der Waals surface area contributed by atoms with E-state index >= 15 is 0 Å². The monoisotopic (exact) mass is 226 g/mol. The number of carboxylic acid groups (broad SMARTS) is 1. The zero-order valence-corrected chi connectivity index (χ0v) is 9.34. The molecular formula is C11H18N2O3. The third kappa shape index (κ3) is 2.69. The number of carbonyl (C=O) groups is 1. The second-order valence-electron chi connectivity index (χ2n) is 4.08. The Kier molecular flexibility index (Phi) is 4.23. The molecule has 0 radical (unpaired) electrons. The van der Waals surface area contributed by atoms with Gasteiger partial charge in [0.05, 0.1) is 6.04 Å². The second-order valence-corrected chi connectivity index (χ2v) is 4.08. The van der Waals surface area contributed by atoms with E-state index in [0.717, 1.165) is 6.08 Å².